The highest BCUT2D eigenvalue weighted by molar-refractivity contribution is 7.13. The van der Waals surface area contributed by atoms with Crippen LogP contribution in [0.5, 0.6) is 0 Å². The van der Waals surface area contributed by atoms with Crippen molar-refractivity contribution in [2.45, 2.75) is 27.2 Å². The van der Waals surface area contributed by atoms with Crippen LogP contribution in [0.1, 0.15) is 23.7 Å². The standard InChI is InChI=1S/C14H15NOS/c1-9-4-5-13(10(2)6-9)14-15-12(8-17-14)7-11(3)16/h4-6,8H,7H2,1-3H3. The Morgan fingerprint density at radius 3 is 2.76 bits per heavy atom. The van der Waals surface area contributed by atoms with E-state index in [0.717, 1.165) is 16.3 Å². The summed E-state index contributed by atoms with van der Waals surface area (Å²) < 4.78 is 0. The second kappa shape index (κ2) is 4.80. The molecule has 0 bridgehead atoms. The van der Waals surface area contributed by atoms with E-state index in [4.69, 9.17) is 0 Å². The van der Waals surface area contributed by atoms with Crippen molar-refractivity contribution in [3.05, 3.63) is 40.4 Å². The van der Waals surface area contributed by atoms with Gasteiger partial charge in [0.1, 0.15) is 10.8 Å². The monoisotopic (exact) mass is 245 g/mol. The highest BCUT2D eigenvalue weighted by Gasteiger charge is 2.08. The van der Waals surface area contributed by atoms with E-state index >= 15 is 0 Å². The molecule has 1 aromatic carbocycles. The number of hydrogen-bond donors (Lipinski definition) is 0. The Hall–Kier alpha value is -1.48. The zero-order valence-corrected chi connectivity index (χ0v) is 11.1. The minimum atomic E-state index is 0.155. The molecule has 2 rings (SSSR count). The van der Waals surface area contributed by atoms with Crippen molar-refractivity contribution in [2.75, 3.05) is 0 Å². The van der Waals surface area contributed by atoms with Gasteiger partial charge in [-0.25, -0.2) is 4.98 Å². The molecular weight excluding hydrogens is 230 g/mol. The lowest BCUT2D eigenvalue weighted by Gasteiger charge is -2.03. The molecule has 0 saturated carbocycles. The number of rotatable bonds is 3. The van der Waals surface area contributed by atoms with Crippen molar-refractivity contribution >= 4 is 17.1 Å². The zero-order chi connectivity index (χ0) is 12.4. The molecule has 3 heteroatoms. The van der Waals surface area contributed by atoms with Gasteiger partial charge in [0.2, 0.25) is 0 Å². The highest BCUT2D eigenvalue weighted by atomic mass is 32.1. The van der Waals surface area contributed by atoms with E-state index in [1.807, 2.05) is 5.38 Å². The van der Waals surface area contributed by atoms with Crippen LogP contribution in [0.25, 0.3) is 10.6 Å². The Balaban J connectivity index is 2.33. The lowest BCUT2D eigenvalue weighted by atomic mass is 10.1. The van der Waals surface area contributed by atoms with Gasteiger partial charge in [0.25, 0.3) is 0 Å². The number of ketones is 1. The average Bonchev–Trinajstić information content (AvgIpc) is 2.65. The summed E-state index contributed by atoms with van der Waals surface area (Å²) in [5.41, 5.74) is 4.52. The first-order valence-electron chi connectivity index (χ1n) is 5.57. The maximum atomic E-state index is 11.0. The molecule has 0 N–H and O–H groups in total. The van der Waals surface area contributed by atoms with Gasteiger partial charge in [0, 0.05) is 17.4 Å². The molecular formula is C14H15NOS. The number of carbonyl (C=O) groups excluding carboxylic acids is 1. The van der Waals surface area contributed by atoms with E-state index in [9.17, 15) is 4.79 Å². The molecule has 1 heterocycles. The molecule has 1 aromatic heterocycles. The van der Waals surface area contributed by atoms with Crippen LogP contribution in [0.2, 0.25) is 0 Å². The van der Waals surface area contributed by atoms with E-state index in [1.165, 1.54) is 11.1 Å². The van der Waals surface area contributed by atoms with Gasteiger partial charge in [-0.1, -0.05) is 23.8 Å². The molecule has 0 amide bonds. The van der Waals surface area contributed by atoms with E-state index in [1.54, 1.807) is 18.3 Å². The van der Waals surface area contributed by atoms with E-state index in [0.29, 0.717) is 6.42 Å². The molecule has 0 aliphatic rings. The van der Waals surface area contributed by atoms with Crippen LogP contribution in [0, 0.1) is 13.8 Å². The molecule has 88 valence electrons. The van der Waals surface area contributed by atoms with Crippen molar-refractivity contribution < 1.29 is 4.79 Å². The molecule has 0 saturated heterocycles. The van der Waals surface area contributed by atoms with Crippen LogP contribution in [-0.2, 0) is 11.2 Å². The Morgan fingerprint density at radius 2 is 2.12 bits per heavy atom. The number of hydrogen-bond acceptors (Lipinski definition) is 3. The summed E-state index contributed by atoms with van der Waals surface area (Å²) in [5.74, 6) is 0.155. The highest BCUT2D eigenvalue weighted by Crippen LogP contribution is 2.27. The maximum Gasteiger partial charge on any atom is 0.135 e. The summed E-state index contributed by atoms with van der Waals surface area (Å²) >= 11 is 1.60. The third-order valence-electron chi connectivity index (χ3n) is 2.59. The van der Waals surface area contributed by atoms with Gasteiger partial charge < -0.3 is 0 Å². The van der Waals surface area contributed by atoms with Crippen LogP contribution in [0.3, 0.4) is 0 Å². The quantitative estimate of drug-likeness (QED) is 0.827. The predicted molar refractivity (Wildman–Crippen MR) is 71.4 cm³/mol. The fraction of sp³-hybridized carbons (Fsp3) is 0.286. The van der Waals surface area contributed by atoms with Crippen LogP contribution >= 0.6 is 11.3 Å². The van der Waals surface area contributed by atoms with Crippen molar-refractivity contribution in [3.8, 4) is 10.6 Å². The summed E-state index contributed by atoms with van der Waals surface area (Å²) in [6, 6.07) is 6.34. The molecule has 0 spiro atoms. The molecule has 0 aliphatic heterocycles. The Labute approximate surface area is 105 Å². The van der Waals surface area contributed by atoms with Gasteiger partial charge in [-0.15, -0.1) is 11.3 Å². The second-order valence-electron chi connectivity index (χ2n) is 4.34. The van der Waals surface area contributed by atoms with Crippen LogP contribution < -0.4 is 0 Å². The Bertz CT molecular complexity index is 557. The van der Waals surface area contributed by atoms with Crippen molar-refractivity contribution in [2.24, 2.45) is 0 Å². The van der Waals surface area contributed by atoms with Gasteiger partial charge in [-0.3, -0.25) is 4.79 Å². The summed E-state index contributed by atoms with van der Waals surface area (Å²) in [7, 11) is 0. The number of aromatic nitrogens is 1. The third kappa shape index (κ3) is 2.80. The Kier molecular flexibility index (Phi) is 3.38. The van der Waals surface area contributed by atoms with Gasteiger partial charge >= 0.3 is 0 Å². The lowest BCUT2D eigenvalue weighted by Crippen LogP contribution is -1.96. The summed E-state index contributed by atoms with van der Waals surface area (Å²) in [6.07, 6.45) is 0.432. The van der Waals surface area contributed by atoms with E-state index < -0.39 is 0 Å². The predicted octanol–water partition coefficient (Wildman–Crippen LogP) is 3.56. The first-order chi connectivity index (χ1) is 8.06. The molecule has 17 heavy (non-hydrogen) atoms. The molecule has 0 unspecified atom stereocenters. The minimum Gasteiger partial charge on any atom is -0.300 e. The molecule has 0 aliphatic carbocycles. The third-order valence-corrected chi connectivity index (χ3v) is 3.52. The number of aryl methyl sites for hydroxylation is 2. The number of thiazole rings is 1. The van der Waals surface area contributed by atoms with E-state index in [-0.39, 0.29) is 5.78 Å². The van der Waals surface area contributed by atoms with Crippen molar-refractivity contribution in [1.29, 1.82) is 0 Å². The number of carbonyl (C=O) groups is 1. The number of nitrogens with zero attached hydrogens (tertiary/aromatic N) is 1. The fourth-order valence-corrected chi connectivity index (χ4v) is 2.73. The first kappa shape index (κ1) is 12.0. The van der Waals surface area contributed by atoms with Gasteiger partial charge in [0.05, 0.1) is 5.69 Å². The van der Waals surface area contributed by atoms with Crippen LogP contribution in [0.4, 0.5) is 0 Å². The van der Waals surface area contributed by atoms with Crippen LogP contribution in [0.15, 0.2) is 23.6 Å². The smallest absolute Gasteiger partial charge is 0.135 e. The van der Waals surface area contributed by atoms with Crippen molar-refractivity contribution in [3.63, 3.8) is 0 Å². The second-order valence-corrected chi connectivity index (χ2v) is 5.20. The fourth-order valence-electron chi connectivity index (χ4n) is 1.82. The van der Waals surface area contributed by atoms with E-state index in [2.05, 4.69) is 37.0 Å². The summed E-state index contributed by atoms with van der Waals surface area (Å²) in [4.78, 5) is 15.5. The summed E-state index contributed by atoms with van der Waals surface area (Å²) in [6.45, 7) is 5.77. The van der Waals surface area contributed by atoms with Gasteiger partial charge in [-0.2, -0.15) is 0 Å². The SMILES string of the molecule is CC(=O)Cc1csc(-c2ccc(C)cc2C)n1. The molecule has 0 atom stereocenters. The molecule has 0 fully saturated rings. The topological polar surface area (TPSA) is 30.0 Å². The van der Waals surface area contributed by atoms with Crippen LogP contribution in [-0.4, -0.2) is 10.8 Å². The zero-order valence-electron chi connectivity index (χ0n) is 10.3. The number of benzene rings is 1. The first-order valence-corrected chi connectivity index (χ1v) is 6.45. The largest absolute Gasteiger partial charge is 0.300 e. The lowest BCUT2D eigenvalue weighted by molar-refractivity contribution is -0.116. The molecule has 2 aromatic rings. The molecule has 0 radical (unpaired) electrons. The Morgan fingerprint density at radius 1 is 1.35 bits per heavy atom. The minimum absolute atomic E-state index is 0.155. The maximum absolute atomic E-state index is 11.0. The summed E-state index contributed by atoms with van der Waals surface area (Å²) in [5, 5.41) is 2.97. The normalized spacial score (nSPS) is 10.5. The van der Waals surface area contributed by atoms with Gasteiger partial charge in [-0.05, 0) is 26.3 Å². The number of Topliss-reactive ketones (excluding diaryl/α,β-unsaturated/α-hetero) is 1. The average molecular weight is 245 g/mol. The van der Waals surface area contributed by atoms with Crippen molar-refractivity contribution in [1.82, 2.24) is 4.98 Å². The molecule has 2 nitrogen and oxygen atoms in total. The van der Waals surface area contributed by atoms with Gasteiger partial charge in [0.15, 0.2) is 0 Å².